The van der Waals surface area contributed by atoms with Gasteiger partial charge in [-0.3, -0.25) is 10.3 Å². The molecular weight excluding hydrogens is 186 g/mol. The van der Waals surface area contributed by atoms with Gasteiger partial charge in [0.1, 0.15) is 0 Å². The van der Waals surface area contributed by atoms with Gasteiger partial charge in [-0.2, -0.15) is 0 Å². The molecule has 75 valence electrons. The first-order valence-electron chi connectivity index (χ1n) is 4.83. The van der Waals surface area contributed by atoms with Crippen LogP contribution in [-0.4, -0.2) is 0 Å². The first-order valence-corrected chi connectivity index (χ1v) is 4.83. The number of hydrogen-bond acceptors (Lipinski definition) is 2. The van der Waals surface area contributed by atoms with Gasteiger partial charge in [-0.1, -0.05) is 42.5 Å². The van der Waals surface area contributed by atoms with Crippen LogP contribution in [0.5, 0.6) is 0 Å². The van der Waals surface area contributed by atoms with Crippen molar-refractivity contribution >= 4 is 5.69 Å². The van der Waals surface area contributed by atoms with E-state index in [0.29, 0.717) is 6.61 Å². The summed E-state index contributed by atoms with van der Waals surface area (Å²) in [5.41, 5.74) is 4.95. The summed E-state index contributed by atoms with van der Waals surface area (Å²) in [5.74, 6) is 0. The fourth-order valence-corrected chi connectivity index (χ4v) is 1.23. The van der Waals surface area contributed by atoms with Crippen molar-refractivity contribution in [1.29, 1.82) is 0 Å². The summed E-state index contributed by atoms with van der Waals surface area (Å²) in [5, 5.41) is 0. The zero-order valence-corrected chi connectivity index (χ0v) is 8.31. The number of anilines is 1. The molecule has 0 fully saturated rings. The second-order valence-corrected chi connectivity index (χ2v) is 3.17. The van der Waals surface area contributed by atoms with Crippen LogP contribution in [0.1, 0.15) is 5.56 Å². The second-order valence-electron chi connectivity index (χ2n) is 3.17. The predicted molar refractivity (Wildman–Crippen MR) is 60.1 cm³/mol. The Kier molecular flexibility index (Phi) is 3.36. The molecule has 1 radical (unpaired) electrons. The van der Waals surface area contributed by atoms with E-state index < -0.39 is 0 Å². The number of nitrogens with one attached hydrogen (secondary N) is 1. The molecule has 0 saturated carbocycles. The van der Waals surface area contributed by atoms with Crippen LogP contribution < -0.4 is 5.48 Å². The minimum atomic E-state index is 0.555. The van der Waals surface area contributed by atoms with Crippen molar-refractivity contribution < 1.29 is 4.84 Å². The molecule has 0 heterocycles. The van der Waals surface area contributed by atoms with Crippen LogP contribution in [0.25, 0.3) is 0 Å². The highest BCUT2D eigenvalue weighted by molar-refractivity contribution is 5.39. The van der Waals surface area contributed by atoms with Gasteiger partial charge in [-0.25, -0.2) is 0 Å². The molecule has 0 unspecified atom stereocenters. The summed E-state index contributed by atoms with van der Waals surface area (Å²) in [6, 6.07) is 20.5. The van der Waals surface area contributed by atoms with E-state index in [1.807, 2.05) is 54.6 Å². The minimum absolute atomic E-state index is 0.555. The fraction of sp³-hybridized carbons (Fsp3) is 0.0769. The largest absolute Gasteiger partial charge is 0.271 e. The Balaban J connectivity index is 1.81. The molecule has 2 rings (SSSR count). The van der Waals surface area contributed by atoms with Crippen molar-refractivity contribution in [2.45, 2.75) is 6.61 Å². The van der Waals surface area contributed by atoms with E-state index in [9.17, 15) is 0 Å². The van der Waals surface area contributed by atoms with Crippen molar-refractivity contribution in [3.8, 4) is 0 Å². The van der Waals surface area contributed by atoms with Gasteiger partial charge in [0.05, 0.1) is 12.3 Å². The van der Waals surface area contributed by atoms with Crippen molar-refractivity contribution in [3.05, 3.63) is 66.2 Å². The molecule has 2 heteroatoms. The van der Waals surface area contributed by atoms with Gasteiger partial charge in [-0.15, -0.1) is 0 Å². The summed E-state index contributed by atoms with van der Waals surface area (Å²) in [4.78, 5) is 5.34. The Morgan fingerprint density at radius 1 is 1.00 bits per heavy atom. The lowest BCUT2D eigenvalue weighted by Gasteiger charge is -2.06. The van der Waals surface area contributed by atoms with Crippen LogP contribution >= 0.6 is 0 Å². The molecule has 0 atom stereocenters. The van der Waals surface area contributed by atoms with Crippen LogP contribution in [0.4, 0.5) is 5.69 Å². The van der Waals surface area contributed by atoms with E-state index in [1.165, 1.54) is 0 Å². The highest BCUT2D eigenvalue weighted by Crippen LogP contribution is 2.06. The lowest BCUT2D eigenvalue weighted by atomic mass is 10.2. The second kappa shape index (κ2) is 5.17. The molecule has 0 aliphatic rings. The average molecular weight is 198 g/mol. The SMILES string of the molecule is [c]1ccc(NOCc2ccccc2)cc1. The van der Waals surface area contributed by atoms with Crippen LogP contribution in [0, 0.1) is 6.07 Å². The van der Waals surface area contributed by atoms with Crippen LogP contribution in [0.2, 0.25) is 0 Å². The maximum Gasteiger partial charge on any atom is 0.0996 e. The molecule has 2 nitrogen and oxygen atoms in total. The molecule has 0 saturated heterocycles. The van der Waals surface area contributed by atoms with Gasteiger partial charge in [0, 0.05) is 0 Å². The first-order chi connectivity index (χ1) is 7.45. The van der Waals surface area contributed by atoms with E-state index in [0.717, 1.165) is 11.3 Å². The molecule has 0 aliphatic carbocycles. The van der Waals surface area contributed by atoms with E-state index in [1.54, 1.807) is 0 Å². The molecule has 2 aromatic carbocycles. The quantitative estimate of drug-likeness (QED) is 0.762. The Hall–Kier alpha value is -1.80. The van der Waals surface area contributed by atoms with Crippen LogP contribution in [-0.2, 0) is 11.4 Å². The van der Waals surface area contributed by atoms with Gasteiger partial charge in [0.15, 0.2) is 0 Å². The third-order valence-electron chi connectivity index (χ3n) is 1.99. The molecule has 15 heavy (non-hydrogen) atoms. The van der Waals surface area contributed by atoms with Gasteiger partial charge >= 0.3 is 0 Å². The van der Waals surface area contributed by atoms with Gasteiger partial charge in [0.2, 0.25) is 0 Å². The Morgan fingerprint density at radius 2 is 1.73 bits per heavy atom. The molecule has 0 bridgehead atoms. The lowest BCUT2D eigenvalue weighted by Crippen LogP contribution is -2.00. The van der Waals surface area contributed by atoms with Crippen molar-refractivity contribution in [1.82, 2.24) is 0 Å². The van der Waals surface area contributed by atoms with Gasteiger partial charge < -0.3 is 0 Å². The topological polar surface area (TPSA) is 21.3 Å². The van der Waals surface area contributed by atoms with Crippen molar-refractivity contribution in [3.63, 3.8) is 0 Å². The average Bonchev–Trinajstić information content (AvgIpc) is 2.32. The molecule has 0 aromatic heterocycles. The highest BCUT2D eigenvalue weighted by Gasteiger charge is 1.91. The zero-order valence-electron chi connectivity index (χ0n) is 8.31. The molecular formula is C13H12NO. The van der Waals surface area contributed by atoms with Crippen molar-refractivity contribution in [2.24, 2.45) is 0 Å². The predicted octanol–water partition coefficient (Wildman–Crippen LogP) is 3.03. The van der Waals surface area contributed by atoms with E-state index >= 15 is 0 Å². The zero-order chi connectivity index (χ0) is 10.3. The molecule has 0 aliphatic heterocycles. The smallest absolute Gasteiger partial charge is 0.0996 e. The van der Waals surface area contributed by atoms with Crippen LogP contribution in [0.3, 0.4) is 0 Å². The summed E-state index contributed by atoms with van der Waals surface area (Å²) in [6.07, 6.45) is 0. The fourth-order valence-electron chi connectivity index (χ4n) is 1.23. The Labute approximate surface area is 89.5 Å². The number of rotatable bonds is 4. The highest BCUT2D eigenvalue weighted by atomic mass is 16.6. The summed E-state index contributed by atoms with van der Waals surface area (Å²) in [7, 11) is 0. The third-order valence-corrected chi connectivity index (χ3v) is 1.99. The third kappa shape index (κ3) is 3.11. The maximum atomic E-state index is 5.34. The molecule has 2 aromatic rings. The standard InChI is InChI=1S/C13H12NO/c1-3-7-12(8-4-1)11-15-14-13-9-5-2-6-10-13/h1,3-10,14H,11H2. The van der Waals surface area contributed by atoms with E-state index in [2.05, 4.69) is 11.5 Å². The van der Waals surface area contributed by atoms with Gasteiger partial charge in [-0.05, 0) is 23.8 Å². The maximum absolute atomic E-state index is 5.34. The monoisotopic (exact) mass is 198 g/mol. The summed E-state index contributed by atoms with van der Waals surface area (Å²) >= 11 is 0. The normalized spacial score (nSPS) is 9.87. The minimum Gasteiger partial charge on any atom is -0.271 e. The summed E-state index contributed by atoms with van der Waals surface area (Å²) < 4.78 is 0. The summed E-state index contributed by atoms with van der Waals surface area (Å²) in [6.45, 7) is 0.555. The Morgan fingerprint density at radius 3 is 2.47 bits per heavy atom. The van der Waals surface area contributed by atoms with Gasteiger partial charge in [0.25, 0.3) is 0 Å². The molecule has 0 amide bonds. The first kappa shape index (κ1) is 9.74. The number of hydrogen-bond donors (Lipinski definition) is 1. The van der Waals surface area contributed by atoms with Crippen molar-refractivity contribution in [2.75, 3.05) is 5.48 Å². The Bertz CT molecular complexity index is 346. The number of benzene rings is 2. The lowest BCUT2D eigenvalue weighted by molar-refractivity contribution is 0.180. The molecule has 1 N–H and O–H groups in total. The van der Waals surface area contributed by atoms with E-state index in [-0.39, 0.29) is 0 Å². The van der Waals surface area contributed by atoms with E-state index in [4.69, 9.17) is 4.84 Å². The molecule has 0 spiro atoms. The van der Waals surface area contributed by atoms with Crippen LogP contribution in [0.15, 0.2) is 54.6 Å².